The van der Waals surface area contributed by atoms with Crippen LogP contribution in [0, 0.1) is 0 Å². The number of hydrogen-bond donors (Lipinski definition) is 4. The monoisotopic (exact) mass is 328 g/mol. The van der Waals surface area contributed by atoms with Crippen LogP contribution < -0.4 is 17.2 Å². The molecule has 0 aliphatic carbocycles. The summed E-state index contributed by atoms with van der Waals surface area (Å²) in [6.07, 6.45) is 0.0487. The zero-order valence-electron chi connectivity index (χ0n) is 11.7. The van der Waals surface area contributed by atoms with E-state index in [1.54, 1.807) is 0 Å². The number of nitrogens with two attached hydrogens (primary N) is 2. The lowest BCUT2D eigenvalue weighted by atomic mass is 10.2. The molecule has 9 nitrogen and oxygen atoms in total. The lowest BCUT2D eigenvalue weighted by molar-refractivity contribution is -0.143. The normalized spacial score (nSPS) is 22.7. The van der Waals surface area contributed by atoms with Crippen molar-refractivity contribution in [2.24, 2.45) is 5.73 Å². The van der Waals surface area contributed by atoms with E-state index in [2.05, 4.69) is 4.98 Å². The first-order valence-corrected chi connectivity index (χ1v) is 7.23. The molecule has 0 saturated carbocycles. The topological polar surface area (TPSA) is 154 Å². The standard InChI is InChI=1S/C12H16N4O5S/c1-5(13)11(19)21-4-6-8(17)9(18)10(22-6)16-3-2-7(14)15-12(16)20/h2-3,5,9-10,17-18H,4,13H2,1H3,(H2,14,15,20)/t5-,9?,10-/m1/s1. The molecule has 2 rings (SSSR count). The van der Waals surface area contributed by atoms with Crippen molar-refractivity contribution in [3.63, 3.8) is 0 Å². The summed E-state index contributed by atoms with van der Waals surface area (Å²) in [4.78, 5) is 26.9. The van der Waals surface area contributed by atoms with E-state index in [0.717, 1.165) is 16.3 Å². The van der Waals surface area contributed by atoms with Crippen LogP contribution >= 0.6 is 11.8 Å². The molecular weight excluding hydrogens is 312 g/mol. The molecule has 0 spiro atoms. The summed E-state index contributed by atoms with van der Waals surface area (Å²) >= 11 is 0.997. The SMILES string of the molecule is C[C@@H](N)C(=O)OCC1=C(O)C(O)[C@H](n2ccc(N)nc2=O)S1. The summed E-state index contributed by atoms with van der Waals surface area (Å²) in [7, 11) is 0. The van der Waals surface area contributed by atoms with Crippen molar-refractivity contribution in [1.29, 1.82) is 0 Å². The van der Waals surface area contributed by atoms with Crippen LogP contribution in [0.15, 0.2) is 27.7 Å². The number of carbonyl (C=O) groups excluding carboxylic acids is 1. The molecule has 10 heteroatoms. The Balaban J connectivity index is 2.14. The number of aliphatic hydroxyl groups excluding tert-OH is 2. The number of nitrogens with zero attached hydrogens (tertiary/aromatic N) is 2. The number of anilines is 1. The highest BCUT2D eigenvalue weighted by atomic mass is 32.2. The number of thioether (sulfide) groups is 1. The van der Waals surface area contributed by atoms with Crippen LogP contribution in [0.1, 0.15) is 12.3 Å². The van der Waals surface area contributed by atoms with Crippen molar-refractivity contribution in [2.45, 2.75) is 24.4 Å². The van der Waals surface area contributed by atoms with E-state index in [9.17, 15) is 19.8 Å². The number of carbonyl (C=O) groups is 1. The van der Waals surface area contributed by atoms with Gasteiger partial charge in [0.2, 0.25) is 0 Å². The zero-order valence-corrected chi connectivity index (χ0v) is 12.5. The molecule has 1 aliphatic heterocycles. The second-order valence-electron chi connectivity index (χ2n) is 4.70. The summed E-state index contributed by atoms with van der Waals surface area (Å²) in [6.45, 7) is 1.23. The van der Waals surface area contributed by atoms with E-state index in [-0.39, 0.29) is 23.1 Å². The van der Waals surface area contributed by atoms with Crippen LogP contribution in [0.3, 0.4) is 0 Å². The third-order valence-electron chi connectivity index (χ3n) is 2.94. The second-order valence-corrected chi connectivity index (χ2v) is 5.91. The van der Waals surface area contributed by atoms with Crippen molar-refractivity contribution in [1.82, 2.24) is 9.55 Å². The fourth-order valence-electron chi connectivity index (χ4n) is 1.78. The molecule has 0 amide bonds. The van der Waals surface area contributed by atoms with Gasteiger partial charge in [-0.1, -0.05) is 11.8 Å². The maximum Gasteiger partial charge on any atom is 0.350 e. The molecular formula is C12H16N4O5S. The van der Waals surface area contributed by atoms with E-state index in [4.69, 9.17) is 16.2 Å². The molecule has 2 heterocycles. The van der Waals surface area contributed by atoms with Crippen molar-refractivity contribution in [3.05, 3.63) is 33.4 Å². The molecule has 6 N–H and O–H groups in total. The Labute approximate surface area is 129 Å². The highest BCUT2D eigenvalue weighted by Gasteiger charge is 2.37. The smallest absolute Gasteiger partial charge is 0.350 e. The third-order valence-corrected chi connectivity index (χ3v) is 4.28. The van der Waals surface area contributed by atoms with Crippen LogP contribution in [0.25, 0.3) is 0 Å². The van der Waals surface area contributed by atoms with E-state index in [1.165, 1.54) is 19.2 Å². The Hall–Kier alpha value is -2.04. The minimum absolute atomic E-state index is 0.0574. The minimum atomic E-state index is -1.32. The second kappa shape index (κ2) is 6.38. The number of hydrogen-bond acceptors (Lipinski definition) is 9. The number of esters is 1. The predicted octanol–water partition coefficient (Wildman–Crippen LogP) is -0.908. The molecule has 1 aromatic rings. The Morgan fingerprint density at radius 2 is 2.32 bits per heavy atom. The van der Waals surface area contributed by atoms with Gasteiger partial charge in [-0.15, -0.1) is 0 Å². The molecule has 1 aliphatic rings. The third kappa shape index (κ3) is 3.24. The number of aromatic nitrogens is 2. The highest BCUT2D eigenvalue weighted by Crippen LogP contribution is 2.43. The zero-order chi connectivity index (χ0) is 16.4. The maximum atomic E-state index is 11.8. The van der Waals surface area contributed by atoms with Gasteiger partial charge in [-0.05, 0) is 13.0 Å². The van der Waals surface area contributed by atoms with Crippen molar-refractivity contribution >= 4 is 23.5 Å². The largest absolute Gasteiger partial charge is 0.508 e. The van der Waals surface area contributed by atoms with Gasteiger partial charge in [0.25, 0.3) is 0 Å². The first kappa shape index (κ1) is 16.3. The van der Waals surface area contributed by atoms with Crippen LogP contribution in [-0.2, 0) is 9.53 Å². The van der Waals surface area contributed by atoms with Crippen LogP contribution in [0.5, 0.6) is 0 Å². The fourth-order valence-corrected chi connectivity index (χ4v) is 2.97. The molecule has 22 heavy (non-hydrogen) atoms. The Morgan fingerprint density at radius 1 is 1.64 bits per heavy atom. The van der Waals surface area contributed by atoms with Gasteiger partial charge in [-0.2, -0.15) is 4.98 Å². The number of nitrogen functional groups attached to an aromatic ring is 1. The number of ether oxygens (including phenoxy) is 1. The molecule has 0 bridgehead atoms. The molecule has 0 aromatic carbocycles. The van der Waals surface area contributed by atoms with Crippen molar-refractivity contribution in [2.75, 3.05) is 12.3 Å². The Bertz CT molecular complexity index is 672. The fraction of sp³-hybridized carbons (Fsp3) is 0.417. The van der Waals surface area contributed by atoms with E-state index >= 15 is 0 Å². The van der Waals surface area contributed by atoms with Gasteiger partial charge in [0, 0.05) is 6.20 Å². The number of aliphatic hydroxyl groups is 2. The Kier molecular flexibility index (Phi) is 4.74. The van der Waals surface area contributed by atoms with Crippen LogP contribution in [-0.4, -0.2) is 44.5 Å². The first-order chi connectivity index (χ1) is 10.3. The van der Waals surface area contributed by atoms with Gasteiger partial charge in [0.05, 0.1) is 4.91 Å². The maximum absolute atomic E-state index is 11.8. The van der Waals surface area contributed by atoms with E-state index < -0.39 is 29.2 Å². The lowest BCUT2D eigenvalue weighted by Gasteiger charge is -2.16. The van der Waals surface area contributed by atoms with Crippen LogP contribution in [0.4, 0.5) is 5.82 Å². The molecule has 0 fully saturated rings. The average Bonchev–Trinajstić information content (AvgIpc) is 2.73. The quantitative estimate of drug-likeness (QED) is 0.514. The molecule has 0 saturated heterocycles. The highest BCUT2D eigenvalue weighted by molar-refractivity contribution is 8.03. The molecule has 1 aromatic heterocycles. The molecule has 0 radical (unpaired) electrons. The summed E-state index contributed by atoms with van der Waals surface area (Å²) in [6, 6.07) is 0.610. The van der Waals surface area contributed by atoms with Gasteiger partial charge in [0.15, 0.2) is 0 Å². The molecule has 1 unspecified atom stereocenters. The van der Waals surface area contributed by atoms with Crippen molar-refractivity contribution in [3.8, 4) is 0 Å². The minimum Gasteiger partial charge on any atom is -0.508 e. The van der Waals surface area contributed by atoms with E-state index in [0.29, 0.717) is 0 Å². The predicted molar refractivity (Wildman–Crippen MR) is 79.8 cm³/mol. The van der Waals surface area contributed by atoms with Crippen molar-refractivity contribution < 1.29 is 19.7 Å². The van der Waals surface area contributed by atoms with Gasteiger partial charge < -0.3 is 26.4 Å². The Morgan fingerprint density at radius 3 is 2.91 bits per heavy atom. The summed E-state index contributed by atoms with van der Waals surface area (Å²) in [5, 5.41) is 19.1. The summed E-state index contributed by atoms with van der Waals surface area (Å²) < 4.78 is 6.04. The van der Waals surface area contributed by atoms with Crippen LogP contribution in [0.2, 0.25) is 0 Å². The summed E-state index contributed by atoms with van der Waals surface area (Å²) in [5.41, 5.74) is 10.1. The average molecular weight is 328 g/mol. The molecule has 3 atom stereocenters. The van der Waals surface area contributed by atoms with Gasteiger partial charge in [-0.25, -0.2) is 4.79 Å². The summed E-state index contributed by atoms with van der Waals surface area (Å²) in [5.74, 6) is -0.927. The number of rotatable bonds is 4. The lowest BCUT2D eigenvalue weighted by Crippen LogP contribution is -2.30. The first-order valence-electron chi connectivity index (χ1n) is 6.35. The van der Waals surface area contributed by atoms with Gasteiger partial charge >= 0.3 is 11.7 Å². The molecule has 120 valence electrons. The van der Waals surface area contributed by atoms with E-state index in [1.807, 2.05) is 0 Å². The van der Waals surface area contributed by atoms with Gasteiger partial charge in [0.1, 0.15) is 35.7 Å². The van der Waals surface area contributed by atoms with Gasteiger partial charge in [-0.3, -0.25) is 9.36 Å².